The monoisotopic (exact) mass is 306 g/mol. The highest BCUT2D eigenvalue weighted by molar-refractivity contribution is 5.84. The second-order valence-corrected chi connectivity index (χ2v) is 4.78. The lowest BCUT2D eigenvalue weighted by molar-refractivity contribution is -0.142. The van der Waals surface area contributed by atoms with Crippen molar-refractivity contribution >= 4 is 5.90 Å². The summed E-state index contributed by atoms with van der Waals surface area (Å²) in [7, 11) is 0. The van der Waals surface area contributed by atoms with Gasteiger partial charge in [0.1, 0.15) is 11.6 Å². The van der Waals surface area contributed by atoms with E-state index >= 15 is 0 Å². The summed E-state index contributed by atoms with van der Waals surface area (Å²) in [6.07, 6.45) is -4.66. The van der Waals surface area contributed by atoms with Gasteiger partial charge in [0.15, 0.2) is 0 Å². The Morgan fingerprint density at radius 1 is 1.27 bits per heavy atom. The Kier molecular flexibility index (Phi) is 3.13. The van der Waals surface area contributed by atoms with Gasteiger partial charge in [0.25, 0.3) is 0 Å². The molecule has 22 heavy (non-hydrogen) atoms. The van der Waals surface area contributed by atoms with E-state index in [9.17, 15) is 18.4 Å². The third-order valence-corrected chi connectivity index (χ3v) is 3.48. The van der Waals surface area contributed by atoms with Gasteiger partial charge in [-0.25, -0.2) is 0 Å². The number of rotatable bonds is 1. The summed E-state index contributed by atoms with van der Waals surface area (Å²) in [5.74, 6) is -2.83. The summed E-state index contributed by atoms with van der Waals surface area (Å²) in [5.41, 5.74) is -0.791. The Morgan fingerprint density at radius 2 is 1.95 bits per heavy atom. The summed E-state index contributed by atoms with van der Waals surface area (Å²) < 4.78 is 44.5. The summed E-state index contributed by atoms with van der Waals surface area (Å²) in [6, 6.07) is 10.1. The predicted octanol–water partition coefficient (Wildman–Crippen LogP) is 3.07. The average molecular weight is 306 g/mol. The van der Waals surface area contributed by atoms with Crippen molar-refractivity contribution in [1.82, 2.24) is 10.2 Å². The van der Waals surface area contributed by atoms with Gasteiger partial charge in [-0.3, -0.25) is 10.5 Å². The fourth-order valence-corrected chi connectivity index (χ4v) is 2.55. The first-order chi connectivity index (χ1) is 10.4. The third-order valence-electron chi connectivity index (χ3n) is 3.48. The molecule has 1 aliphatic rings. The Hall–Kier alpha value is -2.82. The lowest BCUT2D eigenvalue weighted by atomic mass is 9.79. The molecule has 0 radical (unpaired) electrons. The van der Waals surface area contributed by atoms with E-state index in [0.717, 1.165) is 0 Å². The molecule has 2 N–H and O–H groups in total. The van der Waals surface area contributed by atoms with Gasteiger partial charge in [0, 0.05) is 5.92 Å². The van der Waals surface area contributed by atoms with E-state index in [4.69, 9.17) is 10.1 Å². The van der Waals surface area contributed by atoms with E-state index in [1.54, 1.807) is 30.3 Å². The van der Waals surface area contributed by atoms with Crippen LogP contribution in [0.1, 0.15) is 22.7 Å². The number of aromatic nitrogens is 2. The van der Waals surface area contributed by atoms with E-state index in [1.165, 1.54) is 0 Å². The van der Waals surface area contributed by atoms with Crippen LogP contribution in [0.3, 0.4) is 0 Å². The minimum absolute atomic E-state index is 0.235. The van der Waals surface area contributed by atoms with Crippen LogP contribution in [0.25, 0.3) is 0 Å². The fraction of sp³-hybridized carbons (Fsp3) is 0.214. The molecule has 0 saturated carbocycles. The number of aromatic amines is 1. The Labute approximate surface area is 122 Å². The molecular weight excluding hydrogens is 297 g/mol. The second-order valence-electron chi connectivity index (χ2n) is 4.78. The topological polar surface area (TPSA) is 85.6 Å². The van der Waals surface area contributed by atoms with Crippen LogP contribution in [0, 0.1) is 22.7 Å². The van der Waals surface area contributed by atoms with Crippen molar-refractivity contribution in [2.24, 2.45) is 5.92 Å². The van der Waals surface area contributed by atoms with Crippen molar-refractivity contribution in [3.63, 3.8) is 0 Å². The Balaban J connectivity index is 2.25. The standard InChI is InChI=1S/C14H9F3N4O/c15-14(16,17)11-10-9(7-4-2-1-3-5-7)8(6-18)12(19)22-13(10)21-20-11/h1-5,8-9,19H,(H,20,21). The minimum Gasteiger partial charge on any atom is -0.422 e. The molecule has 8 heteroatoms. The van der Waals surface area contributed by atoms with Gasteiger partial charge in [0.05, 0.1) is 11.6 Å². The van der Waals surface area contributed by atoms with Crippen LogP contribution in [-0.4, -0.2) is 16.1 Å². The molecule has 0 aliphatic carbocycles. The molecule has 2 unspecified atom stereocenters. The molecule has 1 aliphatic heterocycles. The number of nitrogens with one attached hydrogen (secondary N) is 2. The molecule has 3 rings (SSSR count). The quantitative estimate of drug-likeness (QED) is 0.849. The normalized spacial score (nSPS) is 20.9. The maximum absolute atomic E-state index is 13.2. The van der Waals surface area contributed by atoms with Gasteiger partial charge in [0.2, 0.25) is 11.8 Å². The summed E-state index contributed by atoms with van der Waals surface area (Å²) in [4.78, 5) is 0. The van der Waals surface area contributed by atoms with E-state index in [1.807, 2.05) is 11.2 Å². The Morgan fingerprint density at radius 3 is 2.55 bits per heavy atom. The lowest BCUT2D eigenvalue weighted by Gasteiger charge is -2.28. The molecule has 0 bridgehead atoms. The number of halogens is 3. The molecule has 2 heterocycles. The number of nitrogens with zero attached hydrogens (tertiary/aromatic N) is 2. The molecule has 112 valence electrons. The van der Waals surface area contributed by atoms with Gasteiger partial charge in [-0.15, -0.1) is 5.10 Å². The van der Waals surface area contributed by atoms with Crippen molar-refractivity contribution in [1.29, 1.82) is 10.7 Å². The number of hydrogen-bond donors (Lipinski definition) is 2. The molecule has 5 nitrogen and oxygen atoms in total. The van der Waals surface area contributed by atoms with Gasteiger partial charge in [-0.1, -0.05) is 30.3 Å². The van der Waals surface area contributed by atoms with Gasteiger partial charge >= 0.3 is 6.18 Å². The predicted molar refractivity (Wildman–Crippen MR) is 69.3 cm³/mol. The zero-order chi connectivity index (χ0) is 15.9. The smallest absolute Gasteiger partial charge is 0.422 e. The lowest BCUT2D eigenvalue weighted by Crippen LogP contribution is -2.31. The highest BCUT2D eigenvalue weighted by Crippen LogP contribution is 2.46. The first-order valence-corrected chi connectivity index (χ1v) is 6.29. The number of nitriles is 1. The van der Waals surface area contributed by atoms with Crippen molar-refractivity contribution in [3.8, 4) is 11.9 Å². The van der Waals surface area contributed by atoms with E-state index in [0.29, 0.717) is 5.56 Å². The van der Waals surface area contributed by atoms with E-state index in [2.05, 4.69) is 5.10 Å². The largest absolute Gasteiger partial charge is 0.433 e. The highest BCUT2D eigenvalue weighted by Gasteiger charge is 2.46. The minimum atomic E-state index is -4.66. The first-order valence-electron chi connectivity index (χ1n) is 6.29. The van der Waals surface area contributed by atoms with Crippen molar-refractivity contribution < 1.29 is 17.9 Å². The average Bonchev–Trinajstić information content (AvgIpc) is 2.90. The van der Waals surface area contributed by atoms with Crippen LogP contribution in [0.2, 0.25) is 0 Å². The summed E-state index contributed by atoms with van der Waals surface area (Å²) in [6.45, 7) is 0. The van der Waals surface area contributed by atoms with E-state index < -0.39 is 29.6 Å². The fourth-order valence-electron chi connectivity index (χ4n) is 2.55. The van der Waals surface area contributed by atoms with Crippen LogP contribution in [-0.2, 0) is 6.18 Å². The van der Waals surface area contributed by atoms with Crippen LogP contribution >= 0.6 is 0 Å². The maximum Gasteiger partial charge on any atom is 0.433 e. The van der Waals surface area contributed by atoms with Crippen molar-refractivity contribution in [3.05, 3.63) is 47.2 Å². The molecule has 1 aromatic heterocycles. The zero-order valence-corrected chi connectivity index (χ0v) is 11.0. The van der Waals surface area contributed by atoms with E-state index in [-0.39, 0.29) is 11.4 Å². The van der Waals surface area contributed by atoms with Crippen LogP contribution < -0.4 is 4.74 Å². The van der Waals surface area contributed by atoms with Crippen LogP contribution in [0.5, 0.6) is 5.88 Å². The van der Waals surface area contributed by atoms with Crippen molar-refractivity contribution in [2.45, 2.75) is 12.1 Å². The van der Waals surface area contributed by atoms with Gasteiger partial charge in [-0.05, 0) is 5.56 Å². The second kappa shape index (κ2) is 4.87. The number of ether oxygens (including phenoxy) is 1. The summed E-state index contributed by atoms with van der Waals surface area (Å²) in [5, 5.41) is 22.4. The maximum atomic E-state index is 13.2. The van der Waals surface area contributed by atoms with Crippen LogP contribution in [0.4, 0.5) is 13.2 Å². The van der Waals surface area contributed by atoms with Gasteiger partial charge < -0.3 is 4.74 Å². The molecule has 2 atom stereocenters. The highest BCUT2D eigenvalue weighted by atomic mass is 19.4. The SMILES string of the molecule is N#CC1C(=N)Oc2n[nH]c(C(F)(F)F)c2C1c1ccccc1. The Bertz CT molecular complexity index is 761. The third kappa shape index (κ3) is 2.11. The number of hydrogen-bond acceptors (Lipinski definition) is 4. The van der Waals surface area contributed by atoms with Crippen molar-refractivity contribution in [2.75, 3.05) is 0 Å². The molecule has 0 amide bonds. The number of benzene rings is 1. The van der Waals surface area contributed by atoms with Crippen LogP contribution in [0.15, 0.2) is 30.3 Å². The number of H-pyrrole nitrogens is 1. The summed E-state index contributed by atoms with van der Waals surface area (Å²) >= 11 is 0. The van der Waals surface area contributed by atoms with Gasteiger partial charge in [-0.2, -0.15) is 18.4 Å². The molecule has 0 fully saturated rings. The number of fused-ring (bicyclic) bond motifs is 1. The molecular formula is C14H9F3N4O. The zero-order valence-electron chi connectivity index (χ0n) is 11.0. The molecule has 2 aromatic rings. The molecule has 1 aromatic carbocycles. The first kappa shape index (κ1) is 14.1. The molecule has 0 saturated heterocycles. The number of alkyl halides is 3. The molecule has 0 spiro atoms.